The Kier molecular flexibility index (Phi) is 4.07. The van der Waals surface area contributed by atoms with Gasteiger partial charge in [-0.05, 0) is 31.4 Å². The number of aryl methyl sites for hydroxylation is 1. The summed E-state index contributed by atoms with van der Waals surface area (Å²) in [5.74, 6) is 0.243. The van der Waals surface area contributed by atoms with E-state index in [0.717, 1.165) is 42.9 Å². The molecule has 4 heteroatoms. The predicted octanol–water partition coefficient (Wildman–Crippen LogP) is 2.00. The summed E-state index contributed by atoms with van der Waals surface area (Å²) in [5.41, 5.74) is 8.71. The fraction of sp³-hybridized carbons (Fsp3) is 0.500. The fourth-order valence-corrected chi connectivity index (χ4v) is 2.35. The molecule has 3 N–H and O–H groups in total. The fourth-order valence-electron chi connectivity index (χ4n) is 2.35. The summed E-state index contributed by atoms with van der Waals surface area (Å²) in [5, 5.41) is 3.26. The molecule has 0 aliphatic carbocycles. The topological polar surface area (TPSA) is 58.4 Å². The quantitative estimate of drug-likeness (QED) is 0.800. The molecule has 0 bridgehead atoms. The van der Waals surface area contributed by atoms with E-state index in [1.54, 1.807) is 0 Å². The van der Waals surface area contributed by atoms with E-state index >= 15 is 0 Å². The van der Waals surface area contributed by atoms with Crippen LogP contribution in [0.2, 0.25) is 0 Å². The molecular formula is C14H21N3O. The van der Waals surface area contributed by atoms with Crippen LogP contribution in [0.5, 0.6) is 0 Å². The van der Waals surface area contributed by atoms with Gasteiger partial charge in [0.25, 0.3) is 0 Å². The molecular weight excluding hydrogens is 226 g/mol. The highest BCUT2D eigenvalue weighted by molar-refractivity contribution is 5.77. The van der Waals surface area contributed by atoms with E-state index in [4.69, 9.17) is 5.73 Å². The van der Waals surface area contributed by atoms with Gasteiger partial charge in [-0.1, -0.05) is 12.1 Å². The predicted molar refractivity (Wildman–Crippen MR) is 74.5 cm³/mol. The van der Waals surface area contributed by atoms with Crippen LogP contribution in [0.15, 0.2) is 18.2 Å². The molecule has 0 radical (unpaired) electrons. The average molecular weight is 247 g/mol. The SMILES string of the molecule is Cc1cccc(N)c1NCCC(=O)N1CCCC1. The summed E-state index contributed by atoms with van der Waals surface area (Å²) in [7, 11) is 0. The van der Waals surface area contributed by atoms with Gasteiger partial charge in [-0.2, -0.15) is 0 Å². The number of nitrogens with two attached hydrogens (primary N) is 1. The smallest absolute Gasteiger partial charge is 0.224 e. The number of hydrogen-bond donors (Lipinski definition) is 2. The van der Waals surface area contributed by atoms with E-state index in [2.05, 4.69) is 5.32 Å². The summed E-state index contributed by atoms with van der Waals surface area (Å²) < 4.78 is 0. The molecule has 1 aliphatic rings. The number of carbonyl (C=O) groups is 1. The van der Waals surface area contributed by atoms with Crippen molar-refractivity contribution in [2.24, 2.45) is 0 Å². The minimum atomic E-state index is 0.243. The van der Waals surface area contributed by atoms with Gasteiger partial charge in [0.1, 0.15) is 0 Å². The molecule has 0 saturated carbocycles. The Hall–Kier alpha value is -1.71. The van der Waals surface area contributed by atoms with Crippen LogP contribution in [0.4, 0.5) is 11.4 Å². The molecule has 18 heavy (non-hydrogen) atoms. The lowest BCUT2D eigenvalue weighted by molar-refractivity contribution is -0.129. The molecule has 1 heterocycles. The third-order valence-corrected chi connectivity index (χ3v) is 3.40. The van der Waals surface area contributed by atoms with Gasteiger partial charge in [0.05, 0.1) is 11.4 Å². The molecule has 1 amide bonds. The van der Waals surface area contributed by atoms with E-state index in [1.165, 1.54) is 0 Å². The number of nitrogens with zero attached hydrogens (tertiary/aromatic N) is 1. The number of para-hydroxylation sites is 1. The highest BCUT2D eigenvalue weighted by atomic mass is 16.2. The van der Waals surface area contributed by atoms with Crippen LogP contribution in [-0.2, 0) is 4.79 Å². The van der Waals surface area contributed by atoms with Crippen molar-refractivity contribution in [1.82, 2.24) is 4.90 Å². The van der Waals surface area contributed by atoms with Crippen LogP contribution < -0.4 is 11.1 Å². The first-order chi connectivity index (χ1) is 8.68. The van der Waals surface area contributed by atoms with Crippen LogP contribution in [0.3, 0.4) is 0 Å². The minimum Gasteiger partial charge on any atom is -0.397 e. The number of hydrogen-bond acceptors (Lipinski definition) is 3. The minimum absolute atomic E-state index is 0.243. The van der Waals surface area contributed by atoms with E-state index in [9.17, 15) is 4.79 Å². The number of anilines is 2. The Labute approximate surface area is 108 Å². The Bertz CT molecular complexity index is 405. The molecule has 1 aliphatic heterocycles. The lowest BCUT2D eigenvalue weighted by Gasteiger charge is -2.16. The summed E-state index contributed by atoms with van der Waals surface area (Å²) in [6, 6.07) is 5.82. The maximum atomic E-state index is 11.9. The van der Waals surface area contributed by atoms with Crippen molar-refractivity contribution >= 4 is 17.3 Å². The molecule has 1 aromatic carbocycles. The lowest BCUT2D eigenvalue weighted by Crippen LogP contribution is -2.29. The molecule has 1 aromatic rings. The Morgan fingerprint density at radius 3 is 2.78 bits per heavy atom. The molecule has 2 rings (SSSR count). The van der Waals surface area contributed by atoms with Crippen molar-refractivity contribution in [3.63, 3.8) is 0 Å². The Morgan fingerprint density at radius 2 is 2.11 bits per heavy atom. The number of rotatable bonds is 4. The standard InChI is InChI=1S/C14H21N3O/c1-11-5-4-6-12(15)14(11)16-8-7-13(18)17-9-2-3-10-17/h4-6,16H,2-3,7-10,15H2,1H3. The monoisotopic (exact) mass is 247 g/mol. The maximum Gasteiger partial charge on any atom is 0.224 e. The molecule has 0 unspecified atom stereocenters. The molecule has 98 valence electrons. The zero-order valence-electron chi connectivity index (χ0n) is 10.9. The maximum absolute atomic E-state index is 11.9. The molecule has 0 spiro atoms. The van der Waals surface area contributed by atoms with Gasteiger partial charge >= 0.3 is 0 Å². The van der Waals surface area contributed by atoms with Gasteiger partial charge in [-0.3, -0.25) is 4.79 Å². The van der Waals surface area contributed by atoms with Crippen LogP contribution in [0.25, 0.3) is 0 Å². The second kappa shape index (κ2) is 5.76. The first-order valence-corrected chi connectivity index (χ1v) is 6.55. The molecule has 0 aromatic heterocycles. The number of amides is 1. The highest BCUT2D eigenvalue weighted by Gasteiger charge is 2.17. The van der Waals surface area contributed by atoms with Gasteiger partial charge in [0, 0.05) is 26.1 Å². The van der Waals surface area contributed by atoms with Gasteiger partial charge in [0.2, 0.25) is 5.91 Å². The average Bonchev–Trinajstić information content (AvgIpc) is 2.86. The summed E-state index contributed by atoms with van der Waals surface area (Å²) in [6.45, 7) is 4.50. The summed E-state index contributed by atoms with van der Waals surface area (Å²) in [6.07, 6.45) is 2.82. The van der Waals surface area contributed by atoms with Crippen molar-refractivity contribution in [1.29, 1.82) is 0 Å². The molecule has 1 fully saturated rings. The third-order valence-electron chi connectivity index (χ3n) is 3.40. The first-order valence-electron chi connectivity index (χ1n) is 6.55. The van der Waals surface area contributed by atoms with Crippen LogP contribution in [0.1, 0.15) is 24.8 Å². The van der Waals surface area contributed by atoms with Crippen LogP contribution >= 0.6 is 0 Å². The zero-order valence-corrected chi connectivity index (χ0v) is 10.9. The van der Waals surface area contributed by atoms with Crippen molar-refractivity contribution < 1.29 is 4.79 Å². The van der Waals surface area contributed by atoms with Gasteiger partial charge < -0.3 is 16.0 Å². The highest BCUT2D eigenvalue weighted by Crippen LogP contribution is 2.22. The number of nitrogen functional groups attached to an aromatic ring is 1. The Morgan fingerprint density at radius 1 is 1.39 bits per heavy atom. The number of likely N-dealkylation sites (tertiary alicyclic amines) is 1. The number of nitrogens with one attached hydrogen (secondary N) is 1. The second-order valence-corrected chi connectivity index (χ2v) is 4.80. The van der Waals surface area contributed by atoms with Crippen molar-refractivity contribution in [2.75, 3.05) is 30.7 Å². The van der Waals surface area contributed by atoms with Crippen molar-refractivity contribution in [3.05, 3.63) is 23.8 Å². The molecule has 4 nitrogen and oxygen atoms in total. The van der Waals surface area contributed by atoms with Crippen LogP contribution in [0, 0.1) is 6.92 Å². The first kappa shape index (κ1) is 12.7. The van der Waals surface area contributed by atoms with Crippen LogP contribution in [-0.4, -0.2) is 30.4 Å². The summed E-state index contributed by atoms with van der Waals surface area (Å²) >= 11 is 0. The van der Waals surface area contributed by atoms with Gasteiger partial charge in [-0.15, -0.1) is 0 Å². The van der Waals surface area contributed by atoms with E-state index < -0.39 is 0 Å². The third kappa shape index (κ3) is 2.94. The van der Waals surface area contributed by atoms with Gasteiger partial charge in [0.15, 0.2) is 0 Å². The largest absolute Gasteiger partial charge is 0.397 e. The number of carbonyl (C=O) groups excluding carboxylic acids is 1. The normalized spacial score (nSPS) is 14.8. The van der Waals surface area contributed by atoms with Gasteiger partial charge in [-0.25, -0.2) is 0 Å². The lowest BCUT2D eigenvalue weighted by atomic mass is 10.1. The van der Waals surface area contributed by atoms with E-state index in [-0.39, 0.29) is 5.91 Å². The van der Waals surface area contributed by atoms with E-state index in [1.807, 2.05) is 30.0 Å². The zero-order chi connectivity index (χ0) is 13.0. The summed E-state index contributed by atoms with van der Waals surface area (Å²) in [4.78, 5) is 13.8. The van der Waals surface area contributed by atoms with Crippen molar-refractivity contribution in [3.8, 4) is 0 Å². The Balaban J connectivity index is 1.83. The van der Waals surface area contributed by atoms with Crippen molar-refractivity contribution in [2.45, 2.75) is 26.2 Å². The molecule has 1 saturated heterocycles. The second-order valence-electron chi connectivity index (χ2n) is 4.80. The van der Waals surface area contributed by atoms with E-state index in [0.29, 0.717) is 13.0 Å². The number of benzene rings is 1. The molecule has 0 atom stereocenters.